The minimum atomic E-state index is -1.07. The summed E-state index contributed by atoms with van der Waals surface area (Å²) in [6, 6.07) is 3.97. The number of amides is 1. The maximum absolute atomic E-state index is 12.0. The Hall–Kier alpha value is -1.26. The Labute approximate surface area is 128 Å². The molecule has 1 aromatic rings. The van der Waals surface area contributed by atoms with Gasteiger partial charge in [0.15, 0.2) is 0 Å². The average molecular weight is 318 g/mol. The maximum atomic E-state index is 12.0. The lowest BCUT2D eigenvalue weighted by Crippen LogP contribution is -2.49. The van der Waals surface area contributed by atoms with E-state index in [9.17, 15) is 9.59 Å². The van der Waals surface area contributed by atoms with Crippen molar-refractivity contribution in [2.24, 2.45) is 5.41 Å². The number of carbonyl (C=O) groups excluding carboxylic acids is 1. The number of hydrogen-bond donors (Lipinski definition) is 2. The van der Waals surface area contributed by atoms with Crippen LogP contribution in [0, 0.1) is 5.41 Å². The van der Waals surface area contributed by atoms with Gasteiger partial charge in [0.1, 0.15) is 6.04 Å². The summed E-state index contributed by atoms with van der Waals surface area (Å²) >= 11 is 12.0. The molecule has 0 radical (unpaired) electrons. The summed E-state index contributed by atoms with van der Waals surface area (Å²) in [6.07, 6.45) is -0.0572. The van der Waals surface area contributed by atoms with Gasteiger partial charge in [-0.15, -0.1) is 0 Å². The Morgan fingerprint density at radius 1 is 1.25 bits per heavy atom. The van der Waals surface area contributed by atoms with E-state index >= 15 is 0 Å². The monoisotopic (exact) mass is 317 g/mol. The van der Waals surface area contributed by atoms with Crippen molar-refractivity contribution < 1.29 is 14.7 Å². The summed E-state index contributed by atoms with van der Waals surface area (Å²) in [6.45, 7) is 5.23. The van der Waals surface area contributed by atoms with Crippen LogP contribution >= 0.6 is 23.2 Å². The van der Waals surface area contributed by atoms with E-state index in [4.69, 9.17) is 28.3 Å². The van der Waals surface area contributed by atoms with Gasteiger partial charge in [-0.25, -0.2) is 4.79 Å². The van der Waals surface area contributed by atoms with E-state index in [1.54, 1.807) is 39.0 Å². The van der Waals surface area contributed by atoms with Gasteiger partial charge >= 0.3 is 5.97 Å². The van der Waals surface area contributed by atoms with Crippen molar-refractivity contribution in [3.63, 3.8) is 0 Å². The lowest BCUT2D eigenvalue weighted by molar-refractivity contribution is -0.144. The van der Waals surface area contributed by atoms with Gasteiger partial charge in [-0.2, -0.15) is 0 Å². The van der Waals surface area contributed by atoms with Crippen LogP contribution in [0.1, 0.15) is 26.3 Å². The van der Waals surface area contributed by atoms with E-state index < -0.39 is 23.3 Å². The fourth-order valence-electron chi connectivity index (χ4n) is 1.72. The molecule has 0 aliphatic carbocycles. The second kappa shape index (κ2) is 6.46. The maximum Gasteiger partial charge on any atom is 0.326 e. The topological polar surface area (TPSA) is 66.4 Å². The summed E-state index contributed by atoms with van der Waals surface area (Å²) in [5, 5.41) is 12.4. The molecular weight excluding hydrogens is 301 g/mol. The lowest BCUT2D eigenvalue weighted by atomic mass is 9.86. The van der Waals surface area contributed by atoms with Crippen molar-refractivity contribution in [1.82, 2.24) is 5.32 Å². The molecule has 20 heavy (non-hydrogen) atoms. The number of aliphatic carboxylic acids is 1. The molecule has 4 nitrogen and oxygen atoms in total. The van der Waals surface area contributed by atoms with E-state index in [2.05, 4.69) is 5.32 Å². The van der Waals surface area contributed by atoms with Crippen molar-refractivity contribution in [3.05, 3.63) is 33.8 Å². The van der Waals surface area contributed by atoms with Crippen LogP contribution in [-0.2, 0) is 16.0 Å². The Morgan fingerprint density at radius 3 is 2.15 bits per heavy atom. The third-order valence-electron chi connectivity index (χ3n) is 2.82. The summed E-state index contributed by atoms with van der Waals surface area (Å²) in [4.78, 5) is 23.2. The molecule has 1 amide bonds. The van der Waals surface area contributed by atoms with Crippen LogP contribution in [0.2, 0.25) is 10.0 Å². The number of rotatable bonds is 4. The average Bonchev–Trinajstić information content (AvgIpc) is 2.29. The van der Waals surface area contributed by atoms with E-state index in [-0.39, 0.29) is 6.42 Å². The largest absolute Gasteiger partial charge is 0.480 e. The highest BCUT2D eigenvalue weighted by atomic mass is 35.5. The standard InChI is InChI=1S/C14H17Cl2NO3/c1-14(2,3)12(13(19)20)17-11(18)7-8-9(15)5-4-6-10(8)16/h4-6,12H,7H2,1-3H3,(H,17,18)(H,19,20)/t12-/m0/s1. The van der Waals surface area contributed by atoms with Crippen LogP contribution in [0.5, 0.6) is 0 Å². The first-order valence-electron chi connectivity index (χ1n) is 6.08. The van der Waals surface area contributed by atoms with E-state index in [0.717, 1.165) is 0 Å². The van der Waals surface area contributed by atoms with Gasteiger partial charge in [0.25, 0.3) is 0 Å². The zero-order valence-electron chi connectivity index (χ0n) is 11.5. The smallest absolute Gasteiger partial charge is 0.326 e. The normalized spacial score (nSPS) is 12.8. The third-order valence-corrected chi connectivity index (χ3v) is 3.53. The number of benzene rings is 1. The van der Waals surface area contributed by atoms with Gasteiger partial charge in [0.2, 0.25) is 5.91 Å². The van der Waals surface area contributed by atoms with Crippen LogP contribution in [-0.4, -0.2) is 23.0 Å². The molecule has 0 unspecified atom stereocenters. The molecular formula is C14H17Cl2NO3. The zero-order valence-corrected chi connectivity index (χ0v) is 13.0. The predicted molar refractivity (Wildman–Crippen MR) is 79.2 cm³/mol. The van der Waals surface area contributed by atoms with Crippen LogP contribution in [0.3, 0.4) is 0 Å². The predicted octanol–water partition coefficient (Wildman–Crippen LogP) is 3.15. The quantitative estimate of drug-likeness (QED) is 0.896. The molecule has 1 aromatic carbocycles. The Morgan fingerprint density at radius 2 is 1.75 bits per heavy atom. The SMILES string of the molecule is CC(C)(C)[C@@H](NC(=O)Cc1c(Cl)cccc1Cl)C(=O)O. The fourth-order valence-corrected chi connectivity index (χ4v) is 2.25. The van der Waals surface area contributed by atoms with Crippen LogP contribution in [0.25, 0.3) is 0 Å². The highest BCUT2D eigenvalue weighted by molar-refractivity contribution is 6.36. The molecule has 0 heterocycles. The number of hydrogen-bond acceptors (Lipinski definition) is 2. The van der Waals surface area contributed by atoms with E-state index in [0.29, 0.717) is 15.6 Å². The van der Waals surface area contributed by atoms with Crippen molar-refractivity contribution in [3.8, 4) is 0 Å². The summed E-state index contributed by atoms with van der Waals surface area (Å²) < 4.78 is 0. The molecule has 6 heteroatoms. The van der Waals surface area contributed by atoms with Crippen LogP contribution in [0.4, 0.5) is 0 Å². The van der Waals surface area contributed by atoms with Crippen molar-refractivity contribution in [2.45, 2.75) is 33.2 Å². The van der Waals surface area contributed by atoms with Gasteiger partial charge < -0.3 is 10.4 Å². The second-order valence-corrected chi connectivity index (χ2v) is 6.40. The Bertz CT molecular complexity index is 503. The van der Waals surface area contributed by atoms with E-state index in [1.165, 1.54) is 0 Å². The molecule has 1 atom stereocenters. The number of carboxylic acids is 1. The first-order chi connectivity index (χ1) is 9.12. The summed E-state index contributed by atoms with van der Waals surface area (Å²) in [5.74, 6) is -1.50. The molecule has 0 bridgehead atoms. The Kier molecular flexibility index (Phi) is 5.42. The molecule has 0 aliphatic heterocycles. The molecule has 1 rings (SSSR count). The van der Waals surface area contributed by atoms with Gasteiger partial charge in [0, 0.05) is 10.0 Å². The first-order valence-corrected chi connectivity index (χ1v) is 6.83. The fraction of sp³-hybridized carbons (Fsp3) is 0.429. The zero-order chi connectivity index (χ0) is 15.5. The van der Waals surface area contributed by atoms with Crippen LogP contribution in [0.15, 0.2) is 18.2 Å². The molecule has 0 aromatic heterocycles. The molecule has 0 saturated carbocycles. The minimum Gasteiger partial charge on any atom is -0.480 e. The lowest BCUT2D eigenvalue weighted by Gasteiger charge is -2.27. The Balaban J connectivity index is 2.84. The van der Waals surface area contributed by atoms with Crippen LogP contribution < -0.4 is 5.32 Å². The van der Waals surface area contributed by atoms with Crippen molar-refractivity contribution in [2.75, 3.05) is 0 Å². The molecule has 2 N–H and O–H groups in total. The number of carboxylic acid groups (broad SMARTS) is 1. The summed E-state index contributed by atoms with van der Waals surface area (Å²) in [7, 11) is 0. The second-order valence-electron chi connectivity index (χ2n) is 5.58. The number of carbonyl (C=O) groups is 2. The van der Waals surface area contributed by atoms with Gasteiger partial charge in [-0.1, -0.05) is 50.0 Å². The first kappa shape index (κ1) is 16.8. The molecule has 0 fully saturated rings. The van der Waals surface area contributed by atoms with Gasteiger partial charge in [-0.3, -0.25) is 4.79 Å². The summed E-state index contributed by atoms with van der Waals surface area (Å²) in [5.41, 5.74) is -0.0995. The third kappa shape index (κ3) is 4.39. The number of halogens is 2. The highest BCUT2D eigenvalue weighted by Gasteiger charge is 2.32. The molecule has 0 aliphatic rings. The van der Waals surface area contributed by atoms with E-state index in [1.807, 2.05) is 0 Å². The molecule has 0 spiro atoms. The van der Waals surface area contributed by atoms with Crippen molar-refractivity contribution in [1.29, 1.82) is 0 Å². The highest BCUT2D eigenvalue weighted by Crippen LogP contribution is 2.25. The van der Waals surface area contributed by atoms with Crippen molar-refractivity contribution >= 4 is 35.1 Å². The number of nitrogens with one attached hydrogen (secondary N) is 1. The minimum absolute atomic E-state index is 0.0572. The molecule has 110 valence electrons. The molecule has 0 saturated heterocycles. The van der Waals surface area contributed by atoms with Gasteiger partial charge in [-0.05, 0) is 23.1 Å². The van der Waals surface area contributed by atoms with Gasteiger partial charge in [0.05, 0.1) is 6.42 Å².